The number of anilines is 2. The van der Waals surface area contributed by atoms with Crippen molar-refractivity contribution in [3.8, 4) is 0 Å². The van der Waals surface area contributed by atoms with Crippen LogP contribution in [0.15, 0.2) is 23.3 Å². The average molecular weight is 564 g/mol. The second-order valence-electron chi connectivity index (χ2n) is 9.38. The molecule has 3 N–H and O–H groups in total. The fraction of sp³-hybridized carbons (Fsp3) is 0.565. The van der Waals surface area contributed by atoms with E-state index >= 15 is 0 Å². The minimum Gasteiger partial charge on any atom is -0.379 e. The molecule has 0 bridgehead atoms. The maximum atomic E-state index is 13.2. The number of amides is 1. The Kier molecular flexibility index (Phi) is 8.34. The molecule has 0 spiro atoms. The molecule has 0 radical (unpaired) electrons. The molecule has 0 aromatic carbocycles. The normalized spacial score (nSPS) is 18.7. The largest absolute Gasteiger partial charge is 0.423 e. The molecule has 16 heteroatoms. The maximum absolute atomic E-state index is 13.2. The molecule has 2 aromatic heterocycles. The maximum Gasteiger partial charge on any atom is 0.423 e. The quantitative estimate of drug-likeness (QED) is 0.347. The molecule has 2 atom stereocenters. The third-order valence-electron chi connectivity index (χ3n) is 6.44. The van der Waals surface area contributed by atoms with Crippen LogP contribution in [-0.2, 0) is 28.4 Å². The number of pyridine rings is 1. The van der Waals surface area contributed by atoms with Crippen LogP contribution in [0.5, 0.6) is 0 Å². The van der Waals surface area contributed by atoms with Crippen LogP contribution in [0, 0.1) is 0 Å². The van der Waals surface area contributed by atoms with Gasteiger partial charge in [0.1, 0.15) is 11.4 Å². The second-order valence-corrected chi connectivity index (χ2v) is 9.38. The number of carbonyl (C=O) groups excluding carboxylic acids is 1. The van der Waals surface area contributed by atoms with Crippen LogP contribution in [0.1, 0.15) is 30.0 Å². The standard InChI is InChI=1S/C23H27F6N7O3/c1-13(33-17-10-32-34-21(38)19(17)23(27,28)29)12-39-5-2-18(37)35-3-4-36-16(11-35)9-30-7-14-6-15(22(24,25)26)8-31-20(14)36/h6,8,10,13,16,30H,2-5,7,9,11-12H2,1H3,(H2,33,34,38)/t13-,16-/m0/s1. The number of aromatic nitrogens is 3. The van der Waals surface area contributed by atoms with Crippen molar-refractivity contribution in [3.63, 3.8) is 0 Å². The van der Waals surface area contributed by atoms with E-state index in [1.165, 1.54) is 0 Å². The summed E-state index contributed by atoms with van der Waals surface area (Å²) in [6.45, 7) is 3.34. The number of aromatic amines is 1. The number of rotatable bonds is 7. The second kappa shape index (κ2) is 11.4. The van der Waals surface area contributed by atoms with Crippen molar-refractivity contribution in [1.82, 2.24) is 25.4 Å². The van der Waals surface area contributed by atoms with Crippen LogP contribution in [0.25, 0.3) is 0 Å². The topological polar surface area (TPSA) is 115 Å². The van der Waals surface area contributed by atoms with Crippen LogP contribution < -0.4 is 21.1 Å². The molecule has 2 aromatic rings. The molecule has 0 unspecified atom stereocenters. The SMILES string of the molecule is C[C@@H](COCCC(=O)N1CCN2c3ncc(C(F)(F)F)cc3CNC[C@H]2C1)Nc1cn[nH]c(=O)c1C(F)(F)F. The van der Waals surface area contributed by atoms with Crippen molar-refractivity contribution in [3.05, 3.63) is 45.5 Å². The summed E-state index contributed by atoms with van der Waals surface area (Å²) in [7, 11) is 0. The van der Waals surface area contributed by atoms with Crippen LogP contribution >= 0.6 is 0 Å². The van der Waals surface area contributed by atoms with Gasteiger partial charge >= 0.3 is 12.4 Å². The molecule has 214 valence electrons. The molecule has 10 nitrogen and oxygen atoms in total. The lowest BCUT2D eigenvalue weighted by molar-refractivity contribution is -0.138. The Hall–Kier alpha value is -3.40. The lowest BCUT2D eigenvalue weighted by Gasteiger charge is -2.41. The molecule has 0 aliphatic carbocycles. The Balaban J connectivity index is 1.26. The Morgan fingerprint density at radius 3 is 2.69 bits per heavy atom. The van der Waals surface area contributed by atoms with Gasteiger partial charge in [0.25, 0.3) is 5.56 Å². The van der Waals surface area contributed by atoms with Crippen molar-refractivity contribution in [1.29, 1.82) is 0 Å². The van der Waals surface area contributed by atoms with Gasteiger partial charge < -0.3 is 25.2 Å². The molecule has 0 saturated carbocycles. The van der Waals surface area contributed by atoms with Gasteiger partial charge in [0.05, 0.1) is 43.1 Å². The van der Waals surface area contributed by atoms with E-state index in [2.05, 4.69) is 20.7 Å². The zero-order valence-electron chi connectivity index (χ0n) is 20.8. The molecule has 4 heterocycles. The number of nitrogens with zero attached hydrogens (tertiary/aromatic N) is 4. The number of hydrogen-bond donors (Lipinski definition) is 3. The highest BCUT2D eigenvalue weighted by atomic mass is 19.4. The zero-order valence-corrected chi connectivity index (χ0v) is 20.8. The Morgan fingerprint density at radius 1 is 1.21 bits per heavy atom. The third kappa shape index (κ3) is 6.79. The van der Waals surface area contributed by atoms with Gasteiger partial charge in [-0.3, -0.25) is 9.59 Å². The molecule has 39 heavy (non-hydrogen) atoms. The minimum absolute atomic E-state index is 0.0261. The highest BCUT2D eigenvalue weighted by Crippen LogP contribution is 2.34. The van der Waals surface area contributed by atoms with Crippen molar-refractivity contribution < 1.29 is 35.9 Å². The smallest absolute Gasteiger partial charge is 0.379 e. The number of halogens is 6. The fourth-order valence-corrected chi connectivity index (χ4v) is 4.63. The summed E-state index contributed by atoms with van der Waals surface area (Å²) >= 11 is 0. The molecule has 1 saturated heterocycles. The van der Waals surface area contributed by atoms with E-state index < -0.39 is 40.8 Å². The number of hydrogen-bond acceptors (Lipinski definition) is 8. The van der Waals surface area contributed by atoms with Crippen molar-refractivity contribution in [2.24, 2.45) is 0 Å². The van der Waals surface area contributed by atoms with Gasteiger partial charge in [-0.2, -0.15) is 31.4 Å². The molecular weight excluding hydrogens is 536 g/mol. The van der Waals surface area contributed by atoms with Crippen molar-refractivity contribution in [2.75, 3.05) is 49.6 Å². The number of nitrogens with one attached hydrogen (secondary N) is 3. The molecule has 1 fully saturated rings. The number of fused-ring (bicyclic) bond motifs is 3. The van der Waals surface area contributed by atoms with Crippen molar-refractivity contribution in [2.45, 2.75) is 44.3 Å². The van der Waals surface area contributed by atoms with Crippen LogP contribution in [-0.4, -0.2) is 77.5 Å². The lowest BCUT2D eigenvalue weighted by Crippen LogP contribution is -2.57. The van der Waals surface area contributed by atoms with Gasteiger partial charge in [0.15, 0.2) is 0 Å². The number of H-pyrrole nitrogens is 1. The molecule has 2 aliphatic heterocycles. The third-order valence-corrected chi connectivity index (χ3v) is 6.44. The van der Waals surface area contributed by atoms with Crippen LogP contribution in [0.3, 0.4) is 0 Å². The first kappa shape index (κ1) is 28.6. The predicted octanol–water partition coefficient (Wildman–Crippen LogP) is 2.23. The summed E-state index contributed by atoms with van der Waals surface area (Å²) in [6, 6.07) is 0.304. The van der Waals surface area contributed by atoms with Gasteiger partial charge in [-0.1, -0.05) is 0 Å². The minimum atomic E-state index is -4.87. The van der Waals surface area contributed by atoms with Crippen LogP contribution in [0.2, 0.25) is 0 Å². The summed E-state index contributed by atoms with van der Waals surface area (Å²) in [4.78, 5) is 32.0. The summed E-state index contributed by atoms with van der Waals surface area (Å²) < 4.78 is 84.3. The van der Waals surface area contributed by atoms with Gasteiger partial charge in [-0.15, -0.1) is 0 Å². The van der Waals surface area contributed by atoms with Gasteiger partial charge in [0.2, 0.25) is 5.91 Å². The first-order chi connectivity index (χ1) is 18.3. The fourth-order valence-electron chi connectivity index (χ4n) is 4.63. The van der Waals surface area contributed by atoms with Gasteiger partial charge in [-0.25, -0.2) is 10.1 Å². The lowest BCUT2D eigenvalue weighted by atomic mass is 10.1. The Labute approximate surface area is 218 Å². The van der Waals surface area contributed by atoms with E-state index in [1.54, 1.807) is 16.9 Å². The summed E-state index contributed by atoms with van der Waals surface area (Å²) in [5, 5.41) is 10.8. The molecule has 2 aliphatic rings. The number of carbonyl (C=O) groups is 1. The van der Waals surface area contributed by atoms with E-state index in [0.717, 1.165) is 18.5 Å². The number of ether oxygens (including phenoxy) is 1. The van der Waals surface area contributed by atoms with E-state index in [4.69, 9.17) is 4.74 Å². The molecule has 4 rings (SSSR count). The zero-order chi connectivity index (χ0) is 28.4. The number of alkyl halides is 6. The first-order valence-electron chi connectivity index (χ1n) is 12.1. The Bertz CT molecular complexity index is 1240. The highest BCUT2D eigenvalue weighted by molar-refractivity contribution is 5.76. The summed E-state index contributed by atoms with van der Waals surface area (Å²) in [5.74, 6) is 0.289. The van der Waals surface area contributed by atoms with Gasteiger partial charge in [-0.05, 0) is 13.0 Å². The van der Waals surface area contributed by atoms with E-state index in [1.807, 2.05) is 4.90 Å². The predicted molar refractivity (Wildman–Crippen MR) is 127 cm³/mol. The number of piperazine rings is 1. The monoisotopic (exact) mass is 563 g/mol. The summed E-state index contributed by atoms with van der Waals surface area (Å²) in [6.07, 6.45) is -7.62. The molecular formula is C23H27F6N7O3. The first-order valence-corrected chi connectivity index (χ1v) is 12.1. The molecule has 1 amide bonds. The summed E-state index contributed by atoms with van der Waals surface area (Å²) in [5.41, 5.74) is -3.58. The highest BCUT2D eigenvalue weighted by Gasteiger charge is 2.38. The Morgan fingerprint density at radius 2 is 1.97 bits per heavy atom. The van der Waals surface area contributed by atoms with E-state index in [-0.39, 0.29) is 38.1 Å². The van der Waals surface area contributed by atoms with Crippen LogP contribution in [0.4, 0.5) is 37.8 Å². The van der Waals surface area contributed by atoms with Gasteiger partial charge in [0, 0.05) is 50.5 Å². The van der Waals surface area contributed by atoms with Crippen molar-refractivity contribution >= 4 is 17.4 Å². The average Bonchev–Trinajstić information content (AvgIpc) is 3.03. The van der Waals surface area contributed by atoms with E-state index in [0.29, 0.717) is 37.6 Å². The van der Waals surface area contributed by atoms with E-state index in [9.17, 15) is 35.9 Å².